The molecule has 1 aromatic carbocycles. The van der Waals surface area contributed by atoms with Crippen molar-refractivity contribution in [2.45, 2.75) is 26.0 Å². The number of rotatable bonds is 8. The number of amides is 3. The van der Waals surface area contributed by atoms with Gasteiger partial charge in [-0.25, -0.2) is 4.79 Å². The van der Waals surface area contributed by atoms with Crippen LogP contribution in [0, 0.1) is 0 Å². The Morgan fingerprint density at radius 3 is 2.81 bits per heavy atom. The predicted molar refractivity (Wildman–Crippen MR) is 123 cm³/mol. The number of halogens is 3. The van der Waals surface area contributed by atoms with Gasteiger partial charge in [-0.1, -0.05) is 12.1 Å². The molecule has 3 N–H and O–H groups in total. The molecule has 0 spiro atoms. The number of alkyl halides is 2. The lowest BCUT2D eigenvalue weighted by Crippen LogP contribution is -2.45. The average molecular weight is 552 g/mol. The van der Waals surface area contributed by atoms with Gasteiger partial charge in [0.05, 0.1) is 25.3 Å². The van der Waals surface area contributed by atoms with Crippen LogP contribution in [0.2, 0.25) is 0 Å². The zero-order valence-corrected chi connectivity index (χ0v) is 19.5. The molecular formula is C19H27F2IN6O3. The van der Waals surface area contributed by atoms with Gasteiger partial charge in [0.1, 0.15) is 5.75 Å². The minimum atomic E-state index is -2.88. The lowest BCUT2D eigenvalue weighted by Gasteiger charge is -2.22. The maximum Gasteiger partial charge on any atom is 0.387 e. The molecule has 0 aliphatic carbocycles. The second-order valence-electron chi connectivity index (χ2n) is 6.89. The molecule has 172 valence electrons. The van der Waals surface area contributed by atoms with Crippen molar-refractivity contribution in [3.05, 3.63) is 24.3 Å². The van der Waals surface area contributed by atoms with Crippen molar-refractivity contribution < 1.29 is 23.1 Å². The van der Waals surface area contributed by atoms with Crippen molar-refractivity contribution in [2.24, 2.45) is 4.99 Å². The highest BCUT2D eigenvalue weighted by molar-refractivity contribution is 14.0. The van der Waals surface area contributed by atoms with Crippen LogP contribution in [-0.2, 0) is 4.79 Å². The van der Waals surface area contributed by atoms with Crippen LogP contribution in [0.25, 0.3) is 0 Å². The summed E-state index contributed by atoms with van der Waals surface area (Å²) in [5.74, 6) is 0.472. The SMILES string of the molecule is CCNC(=NCCN1C(=O)CNC1=O)NC1CCN(c2ccccc2OC(F)F)C1.I. The zero-order chi connectivity index (χ0) is 21.5. The third-order valence-corrected chi connectivity index (χ3v) is 4.83. The largest absolute Gasteiger partial charge is 0.433 e. The Kier molecular flexibility index (Phi) is 9.52. The Morgan fingerprint density at radius 2 is 2.13 bits per heavy atom. The van der Waals surface area contributed by atoms with Gasteiger partial charge in [-0.15, -0.1) is 24.0 Å². The van der Waals surface area contributed by atoms with Gasteiger partial charge in [0, 0.05) is 25.7 Å². The van der Waals surface area contributed by atoms with Gasteiger partial charge in [0.25, 0.3) is 0 Å². The van der Waals surface area contributed by atoms with E-state index in [1.807, 2.05) is 11.8 Å². The Labute approximate surface area is 196 Å². The Bertz CT molecular complexity index is 782. The van der Waals surface area contributed by atoms with E-state index in [2.05, 4.69) is 25.7 Å². The molecule has 1 atom stereocenters. The molecule has 2 aliphatic rings. The minimum absolute atomic E-state index is 0. The van der Waals surface area contributed by atoms with E-state index in [1.54, 1.807) is 18.2 Å². The van der Waals surface area contributed by atoms with Crippen LogP contribution in [0.3, 0.4) is 0 Å². The normalized spacial score (nSPS) is 18.8. The number of carbonyl (C=O) groups excluding carboxylic acids is 2. The second kappa shape index (κ2) is 11.9. The van der Waals surface area contributed by atoms with Gasteiger partial charge in [-0.3, -0.25) is 14.7 Å². The molecule has 2 heterocycles. The van der Waals surface area contributed by atoms with Crippen LogP contribution in [0.4, 0.5) is 19.3 Å². The number of guanidine groups is 1. The van der Waals surface area contributed by atoms with E-state index >= 15 is 0 Å². The number of para-hydroxylation sites is 2. The van der Waals surface area contributed by atoms with Gasteiger partial charge < -0.3 is 25.6 Å². The molecular weight excluding hydrogens is 525 g/mol. The van der Waals surface area contributed by atoms with Gasteiger partial charge in [-0.05, 0) is 25.5 Å². The Balaban J connectivity index is 0.00000341. The number of anilines is 1. The number of nitrogens with one attached hydrogen (secondary N) is 3. The molecule has 0 bridgehead atoms. The molecule has 31 heavy (non-hydrogen) atoms. The summed E-state index contributed by atoms with van der Waals surface area (Å²) in [6, 6.07) is 6.40. The summed E-state index contributed by atoms with van der Waals surface area (Å²) in [5.41, 5.74) is 0.627. The second-order valence-corrected chi connectivity index (χ2v) is 6.89. The first-order valence-electron chi connectivity index (χ1n) is 9.89. The van der Waals surface area contributed by atoms with E-state index in [0.717, 1.165) is 11.3 Å². The summed E-state index contributed by atoms with van der Waals surface area (Å²) in [7, 11) is 0. The smallest absolute Gasteiger partial charge is 0.387 e. The minimum Gasteiger partial charge on any atom is -0.433 e. The molecule has 2 fully saturated rings. The highest BCUT2D eigenvalue weighted by atomic mass is 127. The van der Waals surface area contributed by atoms with Crippen molar-refractivity contribution in [1.82, 2.24) is 20.9 Å². The number of urea groups is 1. The standard InChI is InChI=1S/C19H26F2N6O3.HI/c1-2-22-18(23-8-10-27-16(28)11-24-19(27)29)25-13-7-9-26(12-13)14-5-3-4-6-15(14)30-17(20)21;/h3-6,13,17H,2,7-12H2,1H3,(H,24,29)(H2,22,23,25);1H. The first-order chi connectivity index (χ1) is 14.5. The van der Waals surface area contributed by atoms with Gasteiger partial charge >= 0.3 is 12.6 Å². The molecule has 3 amide bonds. The molecule has 0 radical (unpaired) electrons. The van der Waals surface area contributed by atoms with E-state index in [0.29, 0.717) is 31.3 Å². The van der Waals surface area contributed by atoms with Crippen LogP contribution in [0.5, 0.6) is 5.75 Å². The molecule has 1 unspecified atom stereocenters. The van der Waals surface area contributed by atoms with Crippen LogP contribution >= 0.6 is 24.0 Å². The lowest BCUT2D eigenvalue weighted by atomic mass is 10.2. The van der Waals surface area contributed by atoms with Crippen molar-refractivity contribution >= 4 is 47.6 Å². The number of ether oxygens (including phenoxy) is 1. The zero-order valence-electron chi connectivity index (χ0n) is 17.1. The maximum absolute atomic E-state index is 12.7. The quantitative estimate of drug-likeness (QED) is 0.196. The summed E-state index contributed by atoms with van der Waals surface area (Å²) in [6.07, 6.45) is 0.792. The summed E-state index contributed by atoms with van der Waals surface area (Å²) in [4.78, 5) is 30.8. The number of hydrogen-bond donors (Lipinski definition) is 3. The van der Waals surface area contributed by atoms with Crippen LogP contribution in [-0.4, -0.2) is 74.7 Å². The topological polar surface area (TPSA) is 98.3 Å². The van der Waals surface area contributed by atoms with Crippen molar-refractivity contribution in [1.29, 1.82) is 0 Å². The molecule has 0 aromatic heterocycles. The fourth-order valence-corrected chi connectivity index (χ4v) is 3.47. The molecule has 12 heteroatoms. The number of benzene rings is 1. The van der Waals surface area contributed by atoms with E-state index < -0.39 is 12.6 Å². The molecule has 3 rings (SSSR count). The molecule has 2 saturated heterocycles. The highest BCUT2D eigenvalue weighted by Crippen LogP contribution is 2.31. The monoisotopic (exact) mass is 552 g/mol. The molecule has 2 aliphatic heterocycles. The number of imide groups is 1. The third kappa shape index (κ3) is 6.80. The van der Waals surface area contributed by atoms with E-state index in [9.17, 15) is 18.4 Å². The maximum atomic E-state index is 12.7. The predicted octanol–water partition coefficient (Wildman–Crippen LogP) is 1.59. The fourth-order valence-electron chi connectivity index (χ4n) is 3.47. The van der Waals surface area contributed by atoms with Crippen molar-refractivity contribution in [3.63, 3.8) is 0 Å². The molecule has 0 saturated carbocycles. The highest BCUT2D eigenvalue weighted by Gasteiger charge is 2.28. The third-order valence-electron chi connectivity index (χ3n) is 4.83. The first-order valence-corrected chi connectivity index (χ1v) is 9.89. The van der Waals surface area contributed by atoms with Gasteiger partial charge in [0.15, 0.2) is 5.96 Å². The van der Waals surface area contributed by atoms with E-state index in [4.69, 9.17) is 0 Å². The number of aliphatic imine (C=N–C) groups is 1. The molecule has 1 aromatic rings. The van der Waals surface area contributed by atoms with Crippen LogP contribution in [0.15, 0.2) is 29.3 Å². The number of carbonyl (C=O) groups is 2. The van der Waals surface area contributed by atoms with Crippen molar-refractivity contribution in [3.8, 4) is 5.75 Å². The van der Waals surface area contributed by atoms with E-state index in [1.165, 1.54) is 6.07 Å². The Morgan fingerprint density at radius 1 is 1.35 bits per heavy atom. The first kappa shape index (κ1) is 24.9. The molecule has 9 nitrogen and oxygen atoms in total. The van der Waals surface area contributed by atoms with Crippen LogP contribution < -0.4 is 25.6 Å². The Hall–Kier alpha value is -2.38. The lowest BCUT2D eigenvalue weighted by molar-refractivity contribution is -0.124. The van der Waals surface area contributed by atoms with Gasteiger partial charge in [0.2, 0.25) is 5.91 Å². The average Bonchev–Trinajstić information content (AvgIpc) is 3.29. The van der Waals surface area contributed by atoms with Crippen molar-refractivity contribution in [2.75, 3.05) is 44.2 Å². The number of nitrogens with zero attached hydrogens (tertiary/aromatic N) is 3. The van der Waals surface area contributed by atoms with Crippen LogP contribution in [0.1, 0.15) is 13.3 Å². The number of hydrogen-bond acceptors (Lipinski definition) is 5. The fraction of sp³-hybridized carbons (Fsp3) is 0.526. The summed E-state index contributed by atoms with van der Waals surface area (Å²) < 4.78 is 30.0. The summed E-state index contributed by atoms with van der Waals surface area (Å²) in [6.45, 7) is 1.50. The summed E-state index contributed by atoms with van der Waals surface area (Å²) in [5, 5.41) is 8.94. The summed E-state index contributed by atoms with van der Waals surface area (Å²) >= 11 is 0. The van der Waals surface area contributed by atoms with Gasteiger partial charge in [-0.2, -0.15) is 8.78 Å². The van der Waals surface area contributed by atoms with E-state index in [-0.39, 0.29) is 61.3 Å².